The van der Waals surface area contributed by atoms with Crippen molar-refractivity contribution in [1.82, 2.24) is 0 Å². The van der Waals surface area contributed by atoms with Gasteiger partial charge in [0.1, 0.15) is 6.29 Å². The van der Waals surface area contributed by atoms with E-state index in [-0.39, 0.29) is 0 Å². The van der Waals surface area contributed by atoms with Gasteiger partial charge in [0.05, 0.1) is 0 Å². The number of fused-ring (bicyclic) bond motifs is 1. The van der Waals surface area contributed by atoms with E-state index in [0.29, 0.717) is 11.3 Å². The Morgan fingerprint density at radius 1 is 1.32 bits per heavy atom. The smallest absolute Gasteiger partial charge is 0.142 e. The van der Waals surface area contributed by atoms with Crippen LogP contribution in [0.15, 0.2) is 36.5 Å². The number of allylic oxidation sites excluding steroid dienone is 5. The van der Waals surface area contributed by atoms with Crippen molar-refractivity contribution in [2.24, 2.45) is 23.2 Å². The summed E-state index contributed by atoms with van der Waals surface area (Å²) in [5.41, 5.74) is 1.95. The highest BCUT2D eigenvalue weighted by Crippen LogP contribution is 2.59. The highest BCUT2D eigenvalue weighted by atomic mass is 16.1. The molecule has 0 bridgehead atoms. The fourth-order valence-corrected chi connectivity index (χ4v) is 4.51. The minimum Gasteiger partial charge on any atom is -0.299 e. The molecule has 0 spiro atoms. The van der Waals surface area contributed by atoms with E-state index in [1.54, 1.807) is 6.08 Å². The molecule has 0 N–H and O–H groups in total. The molecular formula is C18H26O. The molecule has 0 radical (unpaired) electrons. The van der Waals surface area contributed by atoms with E-state index in [4.69, 9.17) is 0 Å². The number of carbonyl (C=O) groups is 1. The monoisotopic (exact) mass is 258 g/mol. The molecular weight excluding hydrogens is 232 g/mol. The maximum atomic E-state index is 10.3. The topological polar surface area (TPSA) is 17.1 Å². The molecule has 0 aromatic heterocycles. The number of hydrogen-bond donors (Lipinski definition) is 0. The largest absolute Gasteiger partial charge is 0.299 e. The van der Waals surface area contributed by atoms with Crippen molar-refractivity contribution in [3.8, 4) is 0 Å². The number of hydrogen-bond acceptors (Lipinski definition) is 1. The zero-order valence-electron chi connectivity index (χ0n) is 12.3. The first-order chi connectivity index (χ1) is 9.09. The second-order valence-electron chi connectivity index (χ2n) is 6.52. The zero-order valence-corrected chi connectivity index (χ0v) is 12.3. The standard InChI is InChI=1S/C18H26O/c1-14(8-5-4-6-13-19)16-10-11-17-15(2)9-7-12-18(16,17)3/h4-6,8,13-14,16-17H,2,7,9-12H2,1,3H3/b6-4+,8-5+/t14-,16-,17+,18-/m1/s1. The lowest BCUT2D eigenvalue weighted by Gasteiger charge is -2.43. The maximum Gasteiger partial charge on any atom is 0.142 e. The third-order valence-electron chi connectivity index (χ3n) is 5.47. The number of rotatable bonds is 4. The molecule has 19 heavy (non-hydrogen) atoms. The second kappa shape index (κ2) is 5.90. The molecule has 0 unspecified atom stereocenters. The average molecular weight is 258 g/mol. The first-order valence-corrected chi connectivity index (χ1v) is 7.56. The van der Waals surface area contributed by atoms with Crippen molar-refractivity contribution in [2.75, 3.05) is 0 Å². The van der Waals surface area contributed by atoms with Crippen LogP contribution in [0.5, 0.6) is 0 Å². The molecule has 1 nitrogen and oxygen atoms in total. The van der Waals surface area contributed by atoms with Gasteiger partial charge in [-0.1, -0.05) is 44.2 Å². The van der Waals surface area contributed by atoms with E-state index in [0.717, 1.165) is 18.1 Å². The van der Waals surface area contributed by atoms with Crippen LogP contribution in [0.3, 0.4) is 0 Å². The highest BCUT2D eigenvalue weighted by Gasteiger charge is 2.49. The van der Waals surface area contributed by atoms with Gasteiger partial charge in [0, 0.05) is 0 Å². The lowest BCUT2D eigenvalue weighted by molar-refractivity contribution is -0.104. The summed E-state index contributed by atoms with van der Waals surface area (Å²) in [4.78, 5) is 10.3. The third-order valence-corrected chi connectivity index (χ3v) is 5.47. The van der Waals surface area contributed by atoms with Crippen LogP contribution >= 0.6 is 0 Å². The van der Waals surface area contributed by atoms with Crippen LogP contribution in [0.1, 0.15) is 46.0 Å². The summed E-state index contributed by atoms with van der Waals surface area (Å²) in [6.45, 7) is 9.11. The normalized spacial score (nSPS) is 36.8. The maximum absolute atomic E-state index is 10.3. The fraction of sp³-hybridized carbons (Fsp3) is 0.611. The summed E-state index contributed by atoms with van der Waals surface area (Å²) in [5.74, 6) is 2.08. The first-order valence-electron chi connectivity index (χ1n) is 7.56. The first kappa shape index (κ1) is 14.3. The van der Waals surface area contributed by atoms with Crippen molar-refractivity contribution in [1.29, 1.82) is 0 Å². The predicted molar refractivity (Wildman–Crippen MR) is 80.8 cm³/mol. The average Bonchev–Trinajstić information content (AvgIpc) is 2.73. The molecule has 0 aromatic rings. The van der Waals surface area contributed by atoms with Crippen LogP contribution in [-0.2, 0) is 4.79 Å². The van der Waals surface area contributed by atoms with Gasteiger partial charge in [-0.05, 0) is 61.3 Å². The van der Waals surface area contributed by atoms with Gasteiger partial charge in [0.25, 0.3) is 0 Å². The Kier molecular flexibility index (Phi) is 4.44. The molecule has 4 atom stereocenters. The van der Waals surface area contributed by atoms with Crippen molar-refractivity contribution in [3.63, 3.8) is 0 Å². The van der Waals surface area contributed by atoms with Crippen LogP contribution in [0.2, 0.25) is 0 Å². The molecule has 104 valence electrons. The van der Waals surface area contributed by atoms with Crippen molar-refractivity contribution in [2.45, 2.75) is 46.0 Å². The highest BCUT2D eigenvalue weighted by molar-refractivity contribution is 5.65. The lowest BCUT2D eigenvalue weighted by Crippen LogP contribution is -2.35. The van der Waals surface area contributed by atoms with Gasteiger partial charge in [0.2, 0.25) is 0 Å². The van der Waals surface area contributed by atoms with Gasteiger partial charge < -0.3 is 0 Å². The van der Waals surface area contributed by atoms with Crippen LogP contribution in [0.4, 0.5) is 0 Å². The molecule has 1 heteroatoms. The molecule has 0 amide bonds. The number of carbonyl (C=O) groups excluding carboxylic acids is 1. The number of aldehydes is 1. The van der Waals surface area contributed by atoms with Crippen LogP contribution in [0, 0.1) is 23.2 Å². The van der Waals surface area contributed by atoms with Crippen molar-refractivity contribution in [3.05, 3.63) is 36.5 Å². The zero-order chi connectivity index (χ0) is 13.9. The fourth-order valence-electron chi connectivity index (χ4n) is 4.51. The van der Waals surface area contributed by atoms with Gasteiger partial charge >= 0.3 is 0 Å². The Balaban J connectivity index is 2.08. The van der Waals surface area contributed by atoms with Crippen molar-refractivity contribution < 1.29 is 4.79 Å². The second-order valence-corrected chi connectivity index (χ2v) is 6.52. The van der Waals surface area contributed by atoms with Gasteiger partial charge in [-0.2, -0.15) is 0 Å². The lowest BCUT2D eigenvalue weighted by atomic mass is 9.61. The summed E-state index contributed by atoms with van der Waals surface area (Å²) in [5, 5.41) is 0. The minimum atomic E-state index is 0.452. The predicted octanol–water partition coefficient (Wildman–Crippen LogP) is 4.71. The summed E-state index contributed by atoms with van der Waals surface area (Å²) < 4.78 is 0. The molecule has 2 rings (SSSR count). The minimum absolute atomic E-state index is 0.452. The summed E-state index contributed by atoms with van der Waals surface area (Å²) in [6, 6.07) is 0. The van der Waals surface area contributed by atoms with Crippen LogP contribution in [0.25, 0.3) is 0 Å². The van der Waals surface area contributed by atoms with Gasteiger partial charge in [-0.3, -0.25) is 4.79 Å². The van der Waals surface area contributed by atoms with E-state index in [2.05, 4.69) is 26.5 Å². The Morgan fingerprint density at radius 3 is 2.84 bits per heavy atom. The van der Waals surface area contributed by atoms with Crippen molar-refractivity contribution >= 4 is 6.29 Å². The quantitative estimate of drug-likeness (QED) is 0.309. The Bertz CT molecular complexity index is 404. The molecule has 0 aliphatic heterocycles. The van der Waals surface area contributed by atoms with E-state index >= 15 is 0 Å². The van der Waals surface area contributed by atoms with E-state index in [1.807, 2.05) is 12.2 Å². The van der Waals surface area contributed by atoms with E-state index in [1.165, 1.54) is 37.7 Å². The SMILES string of the molecule is C=C1CCC[C@]2(C)[C@@H]([C@H](C)/C=C/C=C/C=O)CC[C@@H]12. The summed E-state index contributed by atoms with van der Waals surface area (Å²) in [7, 11) is 0. The molecule has 2 aliphatic rings. The van der Waals surface area contributed by atoms with E-state index < -0.39 is 0 Å². The molecule has 0 saturated heterocycles. The summed E-state index contributed by atoms with van der Waals surface area (Å²) in [6.07, 6.45) is 15.0. The van der Waals surface area contributed by atoms with Crippen LogP contribution in [-0.4, -0.2) is 6.29 Å². The van der Waals surface area contributed by atoms with Gasteiger partial charge in [-0.15, -0.1) is 0 Å². The molecule has 2 saturated carbocycles. The van der Waals surface area contributed by atoms with Gasteiger partial charge in [-0.25, -0.2) is 0 Å². The molecule has 0 heterocycles. The molecule has 0 aromatic carbocycles. The Hall–Kier alpha value is -1.11. The Labute approximate surface area is 117 Å². The van der Waals surface area contributed by atoms with Gasteiger partial charge in [0.15, 0.2) is 0 Å². The molecule has 2 fully saturated rings. The van der Waals surface area contributed by atoms with Crippen LogP contribution < -0.4 is 0 Å². The summed E-state index contributed by atoms with van der Waals surface area (Å²) >= 11 is 0. The molecule has 2 aliphatic carbocycles. The van der Waals surface area contributed by atoms with E-state index in [9.17, 15) is 4.79 Å². The third kappa shape index (κ3) is 2.75. The Morgan fingerprint density at radius 2 is 2.11 bits per heavy atom.